The molecule has 3 aromatic rings. The number of esters is 1. The number of halogens is 2. The number of aliphatic imine (C=N–C) groups is 1. The highest BCUT2D eigenvalue weighted by Crippen LogP contribution is 2.38. The van der Waals surface area contributed by atoms with Crippen LogP contribution in [0.5, 0.6) is 11.5 Å². The first-order chi connectivity index (χ1) is 16.8. The van der Waals surface area contributed by atoms with Crippen molar-refractivity contribution in [1.29, 1.82) is 0 Å². The third kappa shape index (κ3) is 6.21. The number of benzene rings is 3. The summed E-state index contributed by atoms with van der Waals surface area (Å²) in [6.45, 7) is 7.04. The van der Waals surface area contributed by atoms with E-state index in [1.165, 1.54) is 5.56 Å². The average molecular weight is 599 g/mol. The molecule has 180 valence electrons. The van der Waals surface area contributed by atoms with Gasteiger partial charge in [-0.25, -0.2) is 9.79 Å². The van der Waals surface area contributed by atoms with Crippen molar-refractivity contribution in [2.45, 2.75) is 33.3 Å². The van der Waals surface area contributed by atoms with Gasteiger partial charge in [-0.05, 0) is 87.9 Å². The Morgan fingerprint density at radius 1 is 1.00 bits per heavy atom. The average Bonchev–Trinajstić information content (AvgIpc) is 3.20. The number of ether oxygens (including phenoxy) is 3. The molecule has 0 N–H and O–H groups in total. The quantitative estimate of drug-likeness (QED) is 0.197. The zero-order chi connectivity index (χ0) is 24.9. The van der Waals surface area contributed by atoms with Crippen molar-refractivity contribution >= 4 is 49.8 Å². The molecule has 35 heavy (non-hydrogen) atoms. The first-order valence-electron chi connectivity index (χ1n) is 11.3. The van der Waals surface area contributed by atoms with Crippen LogP contribution in [0.25, 0.3) is 6.08 Å². The highest BCUT2D eigenvalue weighted by atomic mass is 79.9. The first-order valence-corrected chi connectivity index (χ1v) is 12.9. The zero-order valence-corrected chi connectivity index (χ0v) is 22.9. The maximum absolute atomic E-state index is 12.5. The van der Waals surface area contributed by atoms with E-state index in [0.29, 0.717) is 41.0 Å². The van der Waals surface area contributed by atoms with Crippen molar-refractivity contribution in [3.63, 3.8) is 0 Å². The molecule has 0 saturated carbocycles. The fourth-order valence-corrected chi connectivity index (χ4v) is 4.35. The van der Waals surface area contributed by atoms with E-state index in [4.69, 9.17) is 14.2 Å². The van der Waals surface area contributed by atoms with E-state index in [9.17, 15) is 4.79 Å². The van der Waals surface area contributed by atoms with Gasteiger partial charge in [-0.2, -0.15) is 0 Å². The Morgan fingerprint density at radius 2 is 1.71 bits per heavy atom. The summed E-state index contributed by atoms with van der Waals surface area (Å²) in [6, 6.07) is 19.5. The van der Waals surface area contributed by atoms with E-state index in [0.717, 1.165) is 21.2 Å². The molecule has 1 aliphatic rings. The molecule has 0 aromatic heterocycles. The van der Waals surface area contributed by atoms with Crippen molar-refractivity contribution in [3.05, 3.63) is 97.6 Å². The second kappa shape index (κ2) is 11.2. The van der Waals surface area contributed by atoms with Crippen molar-refractivity contribution < 1.29 is 19.0 Å². The molecular formula is C28H25Br2NO4. The number of nitrogens with zero attached hydrogens (tertiary/aromatic N) is 1. The lowest BCUT2D eigenvalue weighted by atomic mass is 10.0. The number of cyclic esters (lactones) is 1. The summed E-state index contributed by atoms with van der Waals surface area (Å²) in [6.07, 6.45) is 1.68. The highest BCUT2D eigenvalue weighted by molar-refractivity contribution is 9.10. The molecule has 5 nitrogen and oxygen atoms in total. The summed E-state index contributed by atoms with van der Waals surface area (Å²) in [5.74, 6) is 1.41. The monoisotopic (exact) mass is 597 g/mol. The molecule has 7 heteroatoms. The fourth-order valence-electron chi connectivity index (χ4n) is 3.51. The van der Waals surface area contributed by atoms with Crippen LogP contribution in [0.3, 0.4) is 0 Å². The van der Waals surface area contributed by atoms with Crippen LogP contribution in [0, 0.1) is 0 Å². The molecule has 0 fully saturated rings. The second-order valence-electron chi connectivity index (χ2n) is 8.29. The molecule has 4 rings (SSSR count). The van der Waals surface area contributed by atoms with Gasteiger partial charge < -0.3 is 14.2 Å². The van der Waals surface area contributed by atoms with Gasteiger partial charge in [-0.15, -0.1) is 0 Å². The summed E-state index contributed by atoms with van der Waals surface area (Å²) in [5, 5.41) is 0. The smallest absolute Gasteiger partial charge is 0.363 e. The van der Waals surface area contributed by atoms with Crippen LogP contribution in [0.15, 0.2) is 80.3 Å². The number of carbonyl (C=O) groups excluding carboxylic acids is 1. The van der Waals surface area contributed by atoms with Gasteiger partial charge in [0.1, 0.15) is 6.61 Å². The van der Waals surface area contributed by atoms with Crippen LogP contribution < -0.4 is 9.47 Å². The molecule has 1 heterocycles. The van der Waals surface area contributed by atoms with Crippen molar-refractivity contribution in [1.82, 2.24) is 0 Å². The van der Waals surface area contributed by atoms with Gasteiger partial charge in [0.25, 0.3) is 0 Å². The molecule has 0 spiro atoms. The SMILES string of the molecule is CCOc1cc(/C=C2\N=C(c3ccc(C(C)C)cc3)OC2=O)cc(Br)c1OCc1ccc(Br)cc1. The minimum Gasteiger partial charge on any atom is -0.490 e. The molecule has 0 radical (unpaired) electrons. The summed E-state index contributed by atoms with van der Waals surface area (Å²) in [7, 11) is 0. The van der Waals surface area contributed by atoms with E-state index >= 15 is 0 Å². The van der Waals surface area contributed by atoms with E-state index in [1.807, 2.05) is 67.6 Å². The fraction of sp³-hybridized carbons (Fsp3) is 0.214. The maximum atomic E-state index is 12.5. The third-order valence-corrected chi connectivity index (χ3v) is 6.49. The lowest BCUT2D eigenvalue weighted by Crippen LogP contribution is -2.05. The number of hydrogen-bond acceptors (Lipinski definition) is 5. The van der Waals surface area contributed by atoms with Crippen LogP contribution in [0.4, 0.5) is 0 Å². The lowest BCUT2D eigenvalue weighted by molar-refractivity contribution is -0.129. The van der Waals surface area contributed by atoms with Gasteiger partial charge in [-0.3, -0.25) is 0 Å². The Bertz CT molecular complexity index is 1280. The summed E-state index contributed by atoms with van der Waals surface area (Å²) < 4.78 is 19.1. The Labute approximate surface area is 222 Å². The molecule has 1 aliphatic heterocycles. The molecule has 0 amide bonds. The second-order valence-corrected chi connectivity index (χ2v) is 10.1. The highest BCUT2D eigenvalue weighted by Gasteiger charge is 2.24. The van der Waals surface area contributed by atoms with Crippen LogP contribution in [0.1, 0.15) is 48.9 Å². The van der Waals surface area contributed by atoms with Crippen LogP contribution in [-0.2, 0) is 16.1 Å². The van der Waals surface area contributed by atoms with Crippen molar-refractivity contribution in [3.8, 4) is 11.5 Å². The molecule has 0 unspecified atom stereocenters. The maximum Gasteiger partial charge on any atom is 0.363 e. The summed E-state index contributed by atoms with van der Waals surface area (Å²) >= 11 is 7.03. The van der Waals surface area contributed by atoms with E-state index < -0.39 is 5.97 Å². The Hall–Kier alpha value is -2.90. The largest absolute Gasteiger partial charge is 0.490 e. The number of rotatable bonds is 8. The molecule has 3 aromatic carbocycles. The first kappa shape index (κ1) is 25.2. The minimum atomic E-state index is -0.488. The molecular weight excluding hydrogens is 574 g/mol. The van der Waals surface area contributed by atoms with Gasteiger partial charge in [0.05, 0.1) is 11.1 Å². The predicted molar refractivity (Wildman–Crippen MR) is 145 cm³/mol. The molecule has 0 atom stereocenters. The number of carbonyl (C=O) groups is 1. The van der Waals surface area contributed by atoms with Gasteiger partial charge >= 0.3 is 5.97 Å². The lowest BCUT2D eigenvalue weighted by Gasteiger charge is -2.15. The van der Waals surface area contributed by atoms with Crippen molar-refractivity contribution in [2.75, 3.05) is 6.61 Å². The van der Waals surface area contributed by atoms with E-state index in [2.05, 4.69) is 50.7 Å². The standard InChI is InChI=1S/C28H25Br2NO4/c1-4-33-25-15-19(13-23(30)26(25)34-16-18-5-11-22(29)12-6-18)14-24-28(32)35-27(31-24)21-9-7-20(8-10-21)17(2)3/h5-15,17H,4,16H2,1-3H3/b24-14-. The molecule has 0 saturated heterocycles. The minimum absolute atomic E-state index is 0.228. The zero-order valence-electron chi connectivity index (χ0n) is 19.7. The topological polar surface area (TPSA) is 57.1 Å². The van der Waals surface area contributed by atoms with Crippen LogP contribution in [-0.4, -0.2) is 18.5 Å². The van der Waals surface area contributed by atoms with Gasteiger partial charge in [0.2, 0.25) is 5.90 Å². The normalized spacial score (nSPS) is 14.3. The molecule has 0 bridgehead atoms. The van der Waals surface area contributed by atoms with Crippen molar-refractivity contribution in [2.24, 2.45) is 4.99 Å². The predicted octanol–water partition coefficient (Wildman–Crippen LogP) is 7.66. The van der Waals surface area contributed by atoms with E-state index in [-0.39, 0.29) is 5.70 Å². The van der Waals surface area contributed by atoms with E-state index in [1.54, 1.807) is 6.08 Å². The number of hydrogen-bond donors (Lipinski definition) is 0. The van der Waals surface area contributed by atoms with Crippen LogP contribution in [0.2, 0.25) is 0 Å². The summed E-state index contributed by atoms with van der Waals surface area (Å²) in [4.78, 5) is 16.9. The Kier molecular flexibility index (Phi) is 8.08. The van der Waals surface area contributed by atoms with Gasteiger partial charge in [0, 0.05) is 10.0 Å². The molecule has 0 aliphatic carbocycles. The Balaban J connectivity index is 1.58. The summed E-state index contributed by atoms with van der Waals surface area (Å²) in [5.41, 5.74) is 3.98. The third-order valence-electron chi connectivity index (χ3n) is 5.38. The van der Waals surface area contributed by atoms with Crippen LogP contribution >= 0.6 is 31.9 Å². The van der Waals surface area contributed by atoms with Gasteiger partial charge in [-0.1, -0.05) is 54.0 Å². The van der Waals surface area contributed by atoms with Gasteiger partial charge in [0.15, 0.2) is 17.2 Å². The Morgan fingerprint density at radius 3 is 2.37 bits per heavy atom.